The fourth-order valence-electron chi connectivity index (χ4n) is 4.25. The molecule has 0 radical (unpaired) electrons. The van der Waals surface area contributed by atoms with E-state index in [2.05, 4.69) is 5.32 Å². The highest BCUT2D eigenvalue weighted by Crippen LogP contribution is 2.32. The molecule has 3 aromatic carbocycles. The van der Waals surface area contributed by atoms with Gasteiger partial charge in [-0.25, -0.2) is 8.42 Å². The molecule has 8 nitrogen and oxygen atoms in total. The maximum Gasteiger partial charge on any atom is 0.264 e. The zero-order valence-corrected chi connectivity index (χ0v) is 23.8. The molecule has 0 spiro atoms. The minimum absolute atomic E-state index is 0.0501. The summed E-state index contributed by atoms with van der Waals surface area (Å²) in [7, 11) is -2.72. The first kappa shape index (κ1) is 29.7. The Kier molecular flexibility index (Phi) is 10.5. The summed E-state index contributed by atoms with van der Waals surface area (Å²) in [6.07, 6.45) is 1.12. The molecule has 1 N–H and O–H groups in total. The highest BCUT2D eigenvalue weighted by Gasteiger charge is 2.34. The van der Waals surface area contributed by atoms with Crippen LogP contribution >= 0.6 is 0 Å². The van der Waals surface area contributed by atoms with Gasteiger partial charge >= 0.3 is 0 Å². The van der Waals surface area contributed by atoms with Crippen LogP contribution in [0.25, 0.3) is 0 Å². The van der Waals surface area contributed by atoms with Crippen LogP contribution in [0.5, 0.6) is 5.75 Å². The van der Waals surface area contributed by atoms with Crippen molar-refractivity contribution in [3.05, 3.63) is 90.0 Å². The van der Waals surface area contributed by atoms with Crippen molar-refractivity contribution in [3.63, 3.8) is 0 Å². The third-order valence-electron chi connectivity index (χ3n) is 6.37. The van der Waals surface area contributed by atoms with Crippen molar-refractivity contribution in [2.75, 3.05) is 24.5 Å². The predicted molar refractivity (Wildman–Crippen MR) is 153 cm³/mol. The average molecular weight is 552 g/mol. The highest BCUT2D eigenvalue weighted by atomic mass is 32.2. The molecule has 0 heterocycles. The molecule has 0 unspecified atom stereocenters. The van der Waals surface area contributed by atoms with Crippen molar-refractivity contribution >= 4 is 27.5 Å². The monoisotopic (exact) mass is 551 g/mol. The lowest BCUT2D eigenvalue weighted by molar-refractivity contribution is -0.140. The summed E-state index contributed by atoms with van der Waals surface area (Å²) >= 11 is 0. The summed E-state index contributed by atoms with van der Waals surface area (Å²) in [5.74, 6) is -0.462. The van der Waals surface area contributed by atoms with Gasteiger partial charge in [-0.2, -0.15) is 0 Å². The van der Waals surface area contributed by atoms with Crippen molar-refractivity contribution < 1.29 is 22.7 Å². The van der Waals surface area contributed by atoms with Crippen molar-refractivity contribution in [2.24, 2.45) is 0 Å². The number of hydrogen-bond donors (Lipinski definition) is 1. The number of nitrogens with one attached hydrogen (secondary N) is 1. The second-order valence-corrected chi connectivity index (χ2v) is 11.1. The largest absolute Gasteiger partial charge is 0.495 e. The molecule has 0 aliphatic carbocycles. The molecule has 0 saturated heterocycles. The minimum Gasteiger partial charge on any atom is -0.495 e. The quantitative estimate of drug-likeness (QED) is 0.337. The number of sulfonamides is 1. The molecule has 2 amide bonds. The smallest absolute Gasteiger partial charge is 0.264 e. The lowest BCUT2D eigenvalue weighted by Crippen LogP contribution is -2.52. The van der Waals surface area contributed by atoms with Crippen LogP contribution < -0.4 is 14.4 Å². The summed E-state index contributed by atoms with van der Waals surface area (Å²) in [5, 5.41) is 2.88. The third kappa shape index (κ3) is 7.38. The van der Waals surface area contributed by atoms with E-state index in [-0.39, 0.29) is 23.0 Å². The number of carbonyl (C=O) groups is 2. The first-order valence-electron chi connectivity index (χ1n) is 13.1. The summed E-state index contributed by atoms with van der Waals surface area (Å²) in [4.78, 5) is 28.7. The lowest BCUT2D eigenvalue weighted by atomic mass is 10.1. The Bertz CT molecular complexity index is 1340. The molecule has 208 valence electrons. The van der Waals surface area contributed by atoms with E-state index in [1.165, 1.54) is 24.1 Å². The maximum atomic E-state index is 14.0. The number of ether oxygens (including phenoxy) is 1. The fraction of sp³-hybridized carbons (Fsp3) is 0.333. The van der Waals surface area contributed by atoms with E-state index < -0.39 is 28.5 Å². The molecule has 0 aliphatic heterocycles. The molecule has 9 heteroatoms. The van der Waals surface area contributed by atoms with E-state index in [1.54, 1.807) is 36.4 Å². The van der Waals surface area contributed by atoms with Crippen LogP contribution in [0.2, 0.25) is 0 Å². The van der Waals surface area contributed by atoms with Gasteiger partial charge in [0.15, 0.2) is 0 Å². The van der Waals surface area contributed by atoms with Gasteiger partial charge in [-0.15, -0.1) is 0 Å². The number of nitrogens with zero attached hydrogens (tertiary/aromatic N) is 2. The van der Waals surface area contributed by atoms with E-state index >= 15 is 0 Å². The molecule has 0 bridgehead atoms. The topological polar surface area (TPSA) is 96.0 Å². The van der Waals surface area contributed by atoms with E-state index in [1.807, 2.05) is 51.1 Å². The summed E-state index contributed by atoms with van der Waals surface area (Å²) in [5.41, 5.74) is 1.97. The zero-order valence-electron chi connectivity index (χ0n) is 23.0. The number of aryl methyl sites for hydroxylation is 1. The Labute approximate surface area is 231 Å². The first-order chi connectivity index (χ1) is 18.7. The summed E-state index contributed by atoms with van der Waals surface area (Å²) < 4.78 is 34.5. The summed E-state index contributed by atoms with van der Waals surface area (Å²) in [6, 6.07) is 21.7. The van der Waals surface area contributed by atoms with Crippen LogP contribution in [0.3, 0.4) is 0 Å². The van der Waals surface area contributed by atoms with Gasteiger partial charge in [0.1, 0.15) is 18.3 Å². The normalized spacial score (nSPS) is 11.9. The van der Waals surface area contributed by atoms with Gasteiger partial charge < -0.3 is 15.0 Å². The fourth-order valence-corrected chi connectivity index (χ4v) is 5.68. The second kappa shape index (κ2) is 13.8. The van der Waals surface area contributed by atoms with Gasteiger partial charge in [0.05, 0.1) is 17.7 Å². The van der Waals surface area contributed by atoms with E-state index in [4.69, 9.17) is 4.74 Å². The van der Waals surface area contributed by atoms with Gasteiger partial charge in [0.2, 0.25) is 11.8 Å². The van der Waals surface area contributed by atoms with Gasteiger partial charge in [0, 0.05) is 13.1 Å². The van der Waals surface area contributed by atoms with Crippen LogP contribution in [0, 0.1) is 6.92 Å². The van der Waals surface area contributed by atoms with Crippen molar-refractivity contribution in [1.29, 1.82) is 0 Å². The Morgan fingerprint density at radius 1 is 0.923 bits per heavy atom. The van der Waals surface area contributed by atoms with E-state index in [0.29, 0.717) is 18.7 Å². The van der Waals surface area contributed by atoms with Crippen LogP contribution in [0.15, 0.2) is 83.8 Å². The van der Waals surface area contributed by atoms with Crippen molar-refractivity contribution in [2.45, 2.75) is 51.1 Å². The molecule has 3 aromatic rings. The minimum atomic E-state index is -4.17. The van der Waals surface area contributed by atoms with Crippen LogP contribution in [-0.4, -0.2) is 51.4 Å². The van der Waals surface area contributed by atoms with Crippen molar-refractivity contribution in [1.82, 2.24) is 10.2 Å². The standard InChI is InChI=1S/C30H37N3O5S/c1-5-20-31-30(35)26(6-2)32(21-24-12-8-7-9-13-24)29(34)22-33(27-14-10-11-15-28(27)38-4)39(36,37)25-18-16-23(3)17-19-25/h7-19,26H,5-6,20-22H2,1-4H3,(H,31,35)/t26-/m0/s1. The molecular formula is C30H37N3O5S. The van der Waals surface area contributed by atoms with Crippen LogP contribution in [0.1, 0.15) is 37.8 Å². The second-order valence-electron chi connectivity index (χ2n) is 9.22. The van der Waals surface area contributed by atoms with Gasteiger partial charge in [-0.1, -0.05) is 74.0 Å². The number of para-hydroxylation sites is 2. The molecule has 0 saturated carbocycles. The van der Waals surface area contributed by atoms with Gasteiger partial charge in [-0.3, -0.25) is 13.9 Å². The van der Waals surface area contributed by atoms with E-state index in [9.17, 15) is 18.0 Å². The number of carbonyl (C=O) groups excluding carboxylic acids is 2. The van der Waals surface area contributed by atoms with Crippen LogP contribution in [0.4, 0.5) is 5.69 Å². The highest BCUT2D eigenvalue weighted by molar-refractivity contribution is 7.92. The molecule has 0 aromatic heterocycles. The first-order valence-corrected chi connectivity index (χ1v) is 14.5. The SMILES string of the molecule is CCCNC(=O)[C@H](CC)N(Cc1ccccc1)C(=O)CN(c1ccccc1OC)S(=O)(=O)c1ccc(C)cc1. The average Bonchev–Trinajstić information content (AvgIpc) is 2.95. The Balaban J connectivity index is 2.07. The number of anilines is 1. The van der Waals surface area contributed by atoms with Gasteiger partial charge in [-0.05, 0) is 49.6 Å². The molecule has 3 rings (SSSR count). The Hall–Kier alpha value is -3.85. The number of methoxy groups -OCH3 is 1. The Morgan fingerprint density at radius 3 is 2.18 bits per heavy atom. The third-order valence-corrected chi connectivity index (χ3v) is 8.15. The zero-order chi connectivity index (χ0) is 28.4. The number of rotatable bonds is 13. The molecule has 39 heavy (non-hydrogen) atoms. The van der Waals surface area contributed by atoms with Crippen LogP contribution in [-0.2, 0) is 26.2 Å². The lowest BCUT2D eigenvalue weighted by Gasteiger charge is -2.33. The summed E-state index contributed by atoms with van der Waals surface area (Å²) in [6.45, 7) is 5.78. The molecule has 1 atom stereocenters. The molecule has 0 fully saturated rings. The number of benzene rings is 3. The molecular weight excluding hydrogens is 514 g/mol. The number of amides is 2. The molecule has 0 aliphatic rings. The maximum absolute atomic E-state index is 14.0. The van der Waals surface area contributed by atoms with Gasteiger partial charge in [0.25, 0.3) is 10.0 Å². The number of hydrogen-bond acceptors (Lipinski definition) is 5. The van der Waals surface area contributed by atoms with Crippen molar-refractivity contribution in [3.8, 4) is 5.75 Å². The Morgan fingerprint density at radius 2 is 1.56 bits per heavy atom. The predicted octanol–water partition coefficient (Wildman–Crippen LogP) is 4.53. The van der Waals surface area contributed by atoms with E-state index in [0.717, 1.165) is 21.9 Å².